The number of carbonyl (C=O) groups is 1. The van der Waals surface area contributed by atoms with Crippen LogP contribution < -0.4 is 4.74 Å². The fourth-order valence-electron chi connectivity index (χ4n) is 2.58. The van der Waals surface area contributed by atoms with Gasteiger partial charge in [0.1, 0.15) is 5.75 Å². The molecule has 0 radical (unpaired) electrons. The second-order valence-electron chi connectivity index (χ2n) is 6.28. The average Bonchev–Trinajstić information content (AvgIpc) is 3.20. The van der Waals surface area contributed by atoms with Crippen LogP contribution in [-0.2, 0) is 17.1 Å². The molecule has 1 heterocycles. The van der Waals surface area contributed by atoms with Crippen molar-refractivity contribution in [3.63, 3.8) is 0 Å². The first-order chi connectivity index (χ1) is 13.7. The molecule has 0 saturated carbocycles. The van der Waals surface area contributed by atoms with Crippen LogP contribution in [0.25, 0.3) is 11.4 Å². The molecule has 0 aliphatic carbocycles. The van der Waals surface area contributed by atoms with Crippen molar-refractivity contribution in [2.45, 2.75) is 18.7 Å². The van der Waals surface area contributed by atoms with E-state index < -0.39 is 0 Å². The summed E-state index contributed by atoms with van der Waals surface area (Å²) in [7, 11) is 3.37. The summed E-state index contributed by atoms with van der Waals surface area (Å²) in [4.78, 5) is 18.3. The molecular weight excluding hydrogens is 374 g/mol. The van der Waals surface area contributed by atoms with Crippen LogP contribution in [0.1, 0.15) is 17.9 Å². The van der Waals surface area contributed by atoms with E-state index in [1.165, 1.54) is 5.56 Å². The molecule has 0 atom stereocenters. The number of carbonyl (C=O) groups excluding carboxylic acids is 1. The summed E-state index contributed by atoms with van der Waals surface area (Å²) < 4.78 is 10.4. The molecule has 1 aromatic heterocycles. The number of methoxy groups -OCH3 is 1. The zero-order valence-corrected chi connectivity index (χ0v) is 16.8. The van der Waals surface area contributed by atoms with Crippen molar-refractivity contribution in [2.24, 2.45) is 0 Å². The van der Waals surface area contributed by atoms with Crippen LogP contribution >= 0.6 is 11.8 Å². The van der Waals surface area contributed by atoms with Crippen molar-refractivity contribution in [1.29, 1.82) is 0 Å². The first-order valence-electron chi connectivity index (χ1n) is 8.98. The lowest BCUT2D eigenvalue weighted by molar-refractivity contribution is -0.130. The smallest absolute Gasteiger partial charge is 0.246 e. The Bertz CT molecular complexity index is 881. The maximum atomic E-state index is 12.3. The van der Waals surface area contributed by atoms with Gasteiger partial charge in [-0.1, -0.05) is 35.5 Å². The summed E-state index contributed by atoms with van der Waals surface area (Å²) in [6, 6.07) is 17.7. The highest BCUT2D eigenvalue weighted by Crippen LogP contribution is 2.20. The van der Waals surface area contributed by atoms with Gasteiger partial charge in [0.15, 0.2) is 0 Å². The van der Waals surface area contributed by atoms with Crippen LogP contribution in [0.5, 0.6) is 5.75 Å². The van der Waals surface area contributed by atoms with Crippen molar-refractivity contribution in [3.8, 4) is 17.1 Å². The highest BCUT2D eigenvalue weighted by atomic mass is 32.2. The Morgan fingerprint density at radius 1 is 1.14 bits per heavy atom. The first kappa shape index (κ1) is 19.9. The zero-order chi connectivity index (χ0) is 19.8. The Hall–Kier alpha value is -2.80. The van der Waals surface area contributed by atoms with E-state index in [0.717, 1.165) is 22.8 Å². The fourth-order valence-corrected chi connectivity index (χ4v) is 3.47. The third-order valence-electron chi connectivity index (χ3n) is 4.19. The third kappa shape index (κ3) is 5.60. The molecule has 0 aliphatic heterocycles. The topological polar surface area (TPSA) is 68.5 Å². The Balaban J connectivity index is 1.45. The molecule has 3 aromatic rings. The molecule has 3 rings (SSSR count). The van der Waals surface area contributed by atoms with E-state index >= 15 is 0 Å². The Labute approximate surface area is 168 Å². The molecular formula is C21H23N3O3S. The minimum Gasteiger partial charge on any atom is -0.497 e. The number of nitrogens with zero attached hydrogens (tertiary/aromatic N) is 3. The van der Waals surface area contributed by atoms with Gasteiger partial charge < -0.3 is 14.2 Å². The lowest BCUT2D eigenvalue weighted by Crippen LogP contribution is -2.26. The molecule has 0 N–H and O–H groups in total. The van der Waals surface area contributed by atoms with E-state index in [1.54, 1.807) is 30.8 Å². The summed E-state index contributed by atoms with van der Waals surface area (Å²) in [6.45, 7) is 0.297. The minimum absolute atomic E-state index is 0.0600. The first-order valence-corrected chi connectivity index (χ1v) is 10.1. The third-order valence-corrected chi connectivity index (χ3v) is 5.22. The highest BCUT2D eigenvalue weighted by Gasteiger charge is 2.14. The fraction of sp³-hybridized carbons (Fsp3) is 0.286. The molecule has 28 heavy (non-hydrogen) atoms. The Morgan fingerprint density at radius 3 is 2.61 bits per heavy atom. The molecule has 1 amide bonds. The number of rotatable bonds is 9. The molecule has 2 aromatic carbocycles. The number of amides is 1. The molecule has 0 fully saturated rings. The van der Waals surface area contributed by atoms with Crippen LogP contribution in [0.15, 0.2) is 59.1 Å². The zero-order valence-electron chi connectivity index (χ0n) is 16.0. The molecule has 146 valence electrons. The van der Waals surface area contributed by atoms with Crippen LogP contribution in [0, 0.1) is 0 Å². The van der Waals surface area contributed by atoms with Crippen LogP contribution in [0.4, 0.5) is 0 Å². The van der Waals surface area contributed by atoms with Crippen LogP contribution in [0.3, 0.4) is 0 Å². The van der Waals surface area contributed by atoms with Gasteiger partial charge in [0.05, 0.1) is 13.7 Å². The van der Waals surface area contributed by atoms with Gasteiger partial charge in [-0.15, -0.1) is 0 Å². The summed E-state index contributed by atoms with van der Waals surface area (Å²) >= 11 is 1.75. The van der Waals surface area contributed by atoms with E-state index in [9.17, 15) is 4.79 Å². The van der Waals surface area contributed by atoms with E-state index in [0.29, 0.717) is 24.7 Å². The van der Waals surface area contributed by atoms with Crippen LogP contribution in [0.2, 0.25) is 0 Å². The normalized spacial score (nSPS) is 10.6. The highest BCUT2D eigenvalue weighted by molar-refractivity contribution is 7.98. The second kappa shape index (κ2) is 9.94. The maximum absolute atomic E-state index is 12.3. The van der Waals surface area contributed by atoms with Gasteiger partial charge in [-0.05, 0) is 29.8 Å². The minimum atomic E-state index is 0.0600. The summed E-state index contributed by atoms with van der Waals surface area (Å²) in [5.74, 6) is 3.43. The van der Waals surface area contributed by atoms with Crippen molar-refractivity contribution in [2.75, 3.05) is 19.9 Å². The second-order valence-corrected chi connectivity index (χ2v) is 7.38. The largest absolute Gasteiger partial charge is 0.497 e. The number of aromatic nitrogens is 2. The molecule has 0 spiro atoms. The van der Waals surface area contributed by atoms with Gasteiger partial charge in [-0.25, -0.2) is 0 Å². The van der Waals surface area contributed by atoms with E-state index in [1.807, 2.05) is 42.5 Å². The van der Waals surface area contributed by atoms with Gasteiger partial charge >= 0.3 is 0 Å². The summed E-state index contributed by atoms with van der Waals surface area (Å²) in [6.07, 6.45) is 0.480. The number of hydrogen-bond donors (Lipinski definition) is 0. The summed E-state index contributed by atoms with van der Waals surface area (Å²) in [5, 5.41) is 3.99. The van der Waals surface area contributed by atoms with Gasteiger partial charge in [-0.2, -0.15) is 16.7 Å². The monoisotopic (exact) mass is 397 g/mol. The lowest BCUT2D eigenvalue weighted by Gasteiger charge is -2.14. The predicted octanol–water partition coefficient (Wildman–Crippen LogP) is 4.03. The van der Waals surface area contributed by atoms with Crippen molar-refractivity contribution in [3.05, 3.63) is 66.1 Å². The Kier molecular flexibility index (Phi) is 7.08. The summed E-state index contributed by atoms with van der Waals surface area (Å²) in [5.41, 5.74) is 2.10. The number of hydrogen-bond acceptors (Lipinski definition) is 6. The Morgan fingerprint density at radius 2 is 1.89 bits per heavy atom. The van der Waals surface area contributed by atoms with Crippen molar-refractivity contribution in [1.82, 2.24) is 15.0 Å². The van der Waals surface area contributed by atoms with Gasteiger partial charge in [-0.3, -0.25) is 4.79 Å². The SMILES string of the molecule is COc1ccc(-c2noc(CN(C)C(=O)CCSCc3ccccc3)n2)cc1. The lowest BCUT2D eigenvalue weighted by atomic mass is 10.2. The molecule has 0 unspecified atom stereocenters. The van der Waals surface area contributed by atoms with E-state index in [-0.39, 0.29) is 5.91 Å². The van der Waals surface area contributed by atoms with E-state index in [2.05, 4.69) is 22.3 Å². The number of ether oxygens (including phenoxy) is 1. The molecule has 0 bridgehead atoms. The van der Waals surface area contributed by atoms with Gasteiger partial charge in [0.25, 0.3) is 0 Å². The van der Waals surface area contributed by atoms with Crippen LogP contribution in [-0.4, -0.2) is 40.9 Å². The molecule has 0 saturated heterocycles. The standard InChI is InChI=1S/C21H23N3O3S/c1-24(20(25)12-13-28-15-16-6-4-3-5-7-16)14-19-22-21(23-27-19)17-8-10-18(26-2)11-9-17/h3-11H,12-15H2,1-2H3. The molecule has 0 aliphatic rings. The van der Waals surface area contributed by atoms with Crippen molar-refractivity contribution < 1.29 is 14.1 Å². The van der Waals surface area contributed by atoms with E-state index in [4.69, 9.17) is 9.26 Å². The van der Waals surface area contributed by atoms with Gasteiger partial charge in [0.2, 0.25) is 17.6 Å². The quantitative estimate of drug-likeness (QED) is 0.508. The number of benzene rings is 2. The molecule has 7 heteroatoms. The molecule has 6 nitrogen and oxygen atoms in total. The average molecular weight is 398 g/mol. The number of thioether (sulfide) groups is 1. The predicted molar refractivity (Wildman–Crippen MR) is 110 cm³/mol. The van der Waals surface area contributed by atoms with Gasteiger partial charge in [0, 0.05) is 30.5 Å². The van der Waals surface area contributed by atoms with Crippen molar-refractivity contribution >= 4 is 17.7 Å². The maximum Gasteiger partial charge on any atom is 0.246 e.